The minimum absolute atomic E-state index is 0.201. The van der Waals surface area contributed by atoms with Crippen molar-refractivity contribution in [1.29, 1.82) is 0 Å². The summed E-state index contributed by atoms with van der Waals surface area (Å²) in [7, 11) is 0. The molecule has 38 heavy (non-hydrogen) atoms. The van der Waals surface area contributed by atoms with Crippen LogP contribution in [0.25, 0.3) is 0 Å². The molecule has 2 atom stereocenters. The molecule has 12 nitrogen and oxygen atoms in total. The third-order valence-corrected chi connectivity index (χ3v) is 6.36. The number of hydrogen-bond donors (Lipinski definition) is 0. The Morgan fingerprint density at radius 1 is 0.605 bits per heavy atom. The molecule has 2 aliphatic heterocycles. The molecular weight excluding hydrogens is 496 g/mol. The summed E-state index contributed by atoms with van der Waals surface area (Å²) in [4.78, 5) is 57.6. The van der Waals surface area contributed by atoms with E-state index in [4.69, 9.17) is 9.47 Å². The van der Waals surface area contributed by atoms with Crippen LogP contribution in [0.3, 0.4) is 0 Å². The van der Waals surface area contributed by atoms with E-state index in [0.29, 0.717) is 13.1 Å². The number of esters is 2. The number of unbranched alkanes of at least 4 members (excludes halogenated alkanes) is 9. The Kier molecular flexibility index (Phi) is 14.8. The van der Waals surface area contributed by atoms with E-state index < -0.39 is 24.1 Å². The lowest BCUT2D eigenvalue weighted by Crippen LogP contribution is -2.37. The second-order valence-electron chi connectivity index (χ2n) is 9.37. The van der Waals surface area contributed by atoms with Crippen molar-refractivity contribution >= 4 is 36.6 Å². The van der Waals surface area contributed by atoms with Crippen molar-refractivity contribution < 1.29 is 38.1 Å². The van der Waals surface area contributed by atoms with Gasteiger partial charge in [0.25, 0.3) is 0 Å². The van der Waals surface area contributed by atoms with Gasteiger partial charge in [0, 0.05) is 26.3 Å². The van der Waals surface area contributed by atoms with Crippen LogP contribution in [0.4, 0.5) is 9.59 Å². The fourth-order valence-electron chi connectivity index (χ4n) is 4.33. The van der Waals surface area contributed by atoms with Crippen LogP contribution in [0.1, 0.15) is 90.9 Å². The Hall–Kier alpha value is -3.18. The molecule has 2 unspecified atom stereocenters. The lowest BCUT2D eigenvalue weighted by molar-refractivity contribution is -0.150. The first-order valence-corrected chi connectivity index (χ1v) is 13.5. The first kappa shape index (κ1) is 31.0. The first-order chi connectivity index (χ1) is 18.4. The van der Waals surface area contributed by atoms with E-state index in [1.807, 2.05) is 0 Å². The van der Waals surface area contributed by atoms with Gasteiger partial charge >= 0.3 is 24.1 Å². The zero-order valence-corrected chi connectivity index (χ0v) is 22.7. The van der Waals surface area contributed by atoms with Crippen LogP contribution in [0, 0.1) is 0 Å². The molecule has 2 aliphatic rings. The summed E-state index contributed by atoms with van der Waals surface area (Å²) in [5.41, 5.74) is 0. The average molecular weight is 539 g/mol. The van der Waals surface area contributed by atoms with E-state index in [1.54, 1.807) is 22.2 Å². The lowest BCUT2D eigenvalue weighted by atomic mass is 10.0. The van der Waals surface area contributed by atoms with Crippen LogP contribution in [0.5, 0.6) is 0 Å². The standard InChI is InChI=1S/C26H42N4O8/c1-21(31)35-19-37-25(33)29-17-15-27-23(29)13-11-9-7-5-3-4-6-8-10-12-14-24-28-16-18-30(24)26(34)38-20-36-22(2)32/h15-16,23-24H,3-14,17-20H2,1-2H3. The smallest absolute Gasteiger partial charge is 0.414 e. The normalized spacial score (nSPS) is 18.1. The molecule has 0 saturated carbocycles. The van der Waals surface area contributed by atoms with E-state index in [0.717, 1.165) is 51.4 Å². The van der Waals surface area contributed by atoms with Crippen LogP contribution in [0.15, 0.2) is 9.98 Å². The molecule has 0 aromatic heterocycles. The van der Waals surface area contributed by atoms with E-state index in [2.05, 4.69) is 19.5 Å². The topological polar surface area (TPSA) is 136 Å². The largest absolute Gasteiger partial charge is 0.428 e. The molecule has 2 amide bonds. The van der Waals surface area contributed by atoms with Crippen molar-refractivity contribution in [2.24, 2.45) is 9.98 Å². The molecule has 0 bridgehead atoms. The quantitative estimate of drug-likeness (QED) is 0.151. The summed E-state index contributed by atoms with van der Waals surface area (Å²) in [6.07, 6.45) is 14.9. The molecule has 0 radical (unpaired) electrons. The fourth-order valence-corrected chi connectivity index (χ4v) is 4.33. The molecule has 2 heterocycles. The molecule has 2 rings (SSSR count). The van der Waals surface area contributed by atoms with Gasteiger partial charge < -0.3 is 18.9 Å². The van der Waals surface area contributed by atoms with Gasteiger partial charge in [0.05, 0.1) is 13.1 Å². The first-order valence-electron chi connectivity index (χ1n) is 13.5. The van der Waals surface area contributed by atoms with Crippen molar-refractivity contribution in [2.45, 2.75) is 103 Å². The van der Waals surface area contributed by atoms with Gasteiger partial charge in [0.1, 0.15) is 12.3 Å². The maximum atomic E-state index is 12.1. The second kappa shape index (κ2) is 18.1. The number of amides is 2. The predicted molar refractivity (Wildman–Crippen MR) is 140 cm³/mol. The molecule has 0 N–H and O–H groups in total. The molecule has 0 aromatic rings. The highest BCUT2D eigenvalue weighted by molar-refractivity contribution is 5.76. The summed E-state index contributed by atoms with van der Waals surface area (Å²) in [5.74, 6) is -0.983. The number of carbonyl (C=O) groups is 4. The Bertz CT molecular complexity index is 753. The van der Waals surface area contributed by atoms with Gasteiger partial charge in [0.2, 0.25) is 13.6 Å². The van der Waals surface area contributed by atoms with E-state index in [-0.39, 0.29) is 25.9 Å². The molecule has 0 spiro atoms. The summed E-state index contributed by atoms with van der Waals surface area (Å²) < 4.78 is 19.2. The van der Waals surface area contributed by atoms with Gasteiger partial charge in [-0.3, -0.25) is 29.4 Å². The van der Waals surface area contributed by atoms with E-state index >= 15 is 0 Å². The third-order valence-electron chi connectivity index (χ3n) is 6.36. The molecule has 0 aromatic carbocycles. The van der Waals surface area contributed by atoms with Gasteiger partial charge in [-0.1, -0.05) is 51.4 Å². The van der Waals surface area contributed by atoms with Crippen molar-refractivity contribution in [3.05, 3.63) is 0 Å². The molecular formula is C26H42N4O8. The molecule has 0 saturated heterocycles. The van der Waals surface area contributed by atoms with E-state index in [9.17, 15) is 19.2 Å². The Morgan fingerprint density at radius 3 is 1.29 bits per heavy atom. The molecule has 12 heteroatoms. The highest BCUT2D eigenvalue weighted by atomic mass is 16.7. The van der Waals surface area contributed by atoms with Gasteiger partial charge in [-0.25, -0.2) is 9.59 Å². The predicted octanol–water partition coefficient (Wildman–Crippen LogP) is 4.41. The minimum atomic E-state index is -0.513. The Labute approximate surface area is 224 Å². The molecule has 0 aliphatic carbocycles. The summed E-state index contributed by atoms with van der Waals surface area (Å²) in [6.45, 7) is 2.61. The minimum Gasteiger partial charge on any atom is -0.428 e. The van der Waals surface area contributed by atoms with Gasteiger partial charge in [-0.2, -0.15) is 0 Å². The summed E-state index contributed by atoms with van der Waals surface area (Å²) >= 11 is 0. The number of nitrogens with zero attached hydrogens (tertiary/aromatic N) is 4. The SMILES string of the molecule is CC(=O)OCOC(=O)N1CC=NC1CCCCCCCCCCCCC1N=CCN1C(=O)OCOC(C)=O. The lowest BCUT2D eigenvalue weighted by Gasteiger charge is -2.22. The van der Waals surface area contributed by atoms with Crippen LogP contribution < -0.4 is 0 Å². The van der Waals surface area contributed by atoms with Crippen LogP contribution >= 0.6 is 0 Å². The van der Waals surface area contributed by atoms with Crippen molar-refractivity contribution in [2.75, 3.05) is 26.7 Å². The number of carbonyl (C=O) groups excluding carboxylic acids is 4. The molecule has 0 fully saturated rings. The van der Waals surface area contributed by atoms with Crippen LogP contribution in [0.2, 0.25) is 0 Å². The fraction of sp³-hybridized carbons (Fsp3) is 0.769. The third kappa shape index (κ3) is 12.4. The van der Waals surface area contributed by atoms with Crippen molar-refractivity contribution in [3.8, 4) is 0 Å². The van der Waals surface area contributed by atoms with E-state index in [1.165, 1.54) is 39.5 Å². The zero-order valence-electron chi connectivity index (χ0n) is 22.7. The highest BCUT2D eigenvalue weighted by Crippen LogP contribution is 2.19. The van der Waals surface area contributed by atoms with Crippen LogP contribution in [-0.4, -0.2) is 85.4 Å². The maximum absolute atomic E-state index is 12.1. The Morgan fingerprint density at radius 2 is 0.947 bits per heavy atom. The highest BCUT2D eigenvalue weighted by Gasteiger charge is 2.28. The number of ether oxygens (including phenoxy) is 4. The number of aliphatic imine (C=N–C) groups is 2. The average Bonchev–Trinajstić information content (AvgIpc) is 3.54. The monoisotopic (exact) mass is 538 g/mol. The van der Waals surface area contributed by atoms with Gasteiger partial charge in [-0.15, -0.1) is 0 Å². The van der Waals surface area contributed by atoms with Crippen molar-refractivity contribution in [3.63, 3.8) is 0 Å². The summed E-state index contributed by atoms with van der Waals surface area (Å²) in [6, 6.07) is 0. The zero-order chi connectivity index (χ0) is 27.6. The second-order valence-corrected chi connectivity index (χ2v) is 9.37. The number of rotatable bonds is 17. The van der Waals surface area contributed by atoms with Gasteiger partial charge in [-0.05, 0) is 25.7 Å². The number of hydrogen-bond acceptors (Lipinski definition) is 10. The van der Waals surface area contributed by atoms with Crippen molar-refractivity contribution in [1.82, 2.24) is 9.80 Å². The Balaban J connectivity index is 1.42. The maximum Gasteiger partial charge on any atom is 0.414 e. The van der Waals surface area contributed by atoms with Crippen LogP contribution in [-0.2, 0) is 28.5 Å². The van der Waals surface area contributed by atoms with Gasteiger partial charge in [0.15, 0.2) is 0 Å². The summed E-state index contributed by atoms with van der Waals surface area (Å²) in [5, 5.41) is 0. The molecule has 214 valence electrons.